The first-order chi connectivity index (χ1) is 9.65. The molecule has 1 aliphatic heterocycles. The fraction of sp³-hybridized carbons (Fsp3) is 0.417. The molecule has 0 radical (unpaired) electrons. The minimum Gasteiger partial charge on any atom is -0.428 e. The van der Waals surface area contributed by atoms with Crippen molar-refractivity contribution in [3.8, 4) is 5.75 Å². The maximum Gasteiger partial charge on any atom is 0.514 e. The van der Waals surface area contributed by atoms with Gasteiger partial charge in [0.2, 0.25) is 0 Å². The summed E-state index contributed by atoms with van der Waals surface area (Å²) in [5.74, 6) is 0.173. The van der Waals surface area contributed by atoms with Gasteiger partial charge in [0.15, 0.2) is 0 Å². The Morgan fingerprint density at radius 2 is 2.05 bits per heavy atom. The highest BCUT2D eigenvalue weighted by Gasteiger charge is 2.19. The Morgan fingerprint density at radius 1 is 1.30 bits per heavy atom. The summed E-state index contributed by atoms with van der Waals surface area (Å²) in [6.45, 7) is 0.863. The third kappa shape index (κ3) is 4.18. The van der Waals surface area contributed by atoms with Crippen LogP contribution in [0.1, 0.15) is 6.42 Å². The summed E-state index contributed by atoms with van der Waals surface area (Å²) in [6, 6.07) is 5.13. The number of non-ortho nitro benzene ring substituents is 1. The zero-order valence-corrected chi connectivity index (χ0v) is 10.5. The van der Waals surface area contributed by atoms with Gasteiger partial charge in [0.25, 0.3) is 5.69 Å². The standard InChI is InChI=1S/C12H13NO7/c14-12(20-11-5-6-17-8-18-7-11)19-10-3-1-9(2-4-10)13(15)16/h1-4,11H,5-8H2/t11-/m0/s1. The summed E-state index contributed by atoms with van der Waals surface area (Å²) in [6.07, 6.45) is -0.785. The van der Waals surface area contributed by atoms with Crippen molar-refractivity contribution in [2.45, 2.75) is 12.5 Å². The molecule has 2 rings (SSSR count). The summed E-state index contributed by atoms with van der Waals surface area (Å²) < 4.78 is 20.1. The maximum atomic E-state index is 11.5. The number of benzene rings is 1. The number of rotatable bonds is 3. The zero-order valence-electron chi connectivity index (χ0n) is 10.5. The van der Waals surface area contributed by atoms with E-state index in [0.29, 0.717) is 13.0 Å². The summed E-state index contributed by atoms with van der Waals surface area (Å²) in [5, 5.41) is 10.5. The van der Waals surface area contributed by atoms with Crippen LogP contribution in [-0.2, 0) is 14.2 Å². The third-order valence-corrected chi connectivity index (χ3v) is 2.57. The molecule has 1 aromatic carbocycles. The highest BCUT2D eigenvalue weighted by Crippen LogP contribution is 2.18. The van der Waals surface area contributed by atoms with E-state index < -0.39 is 17.2 Å². The quantitative estimate of drug-likeness (QED) is 0.361. The van der Waals surface area contributed by atoms with Crippen molar-refractivity contribution >= 4 is 11.8 Å². The minimum atomic E-state index is -0.880. The number of nitro benzene ring substituents is 1. The van der Waals surface area contributed by atoms with E-state index in [1.54, 1.807) is 0 Å². The smallest absolute Gasteiger partial charge is 0.428 e. The molecule has 8 heteroatoms. The molecule has 1 saturated heterocycles. The molecule has 0 amide bonds. The van der Waals surface area contributed by atoms with Gasteiger partial charge < -0.3 is 18.9 Å². The Labute approximate surface area is 114 Å². The highest BCUT2D eigenvalue weighted by atomic mass is 16.7. The molecule has 108 valence electrons. The molecule has 0 aliphatic carbocycles. The lowest BCUT2D eigenvalue weighted by Gasteiger charge is -2.13. The first-order valence-corrected chi connectivity index (χ1v) is 5.93. The van der Waals surface area contributed by atoms with Gasteiger partial charge in [0, 0.05) is 18.6 Å². The highest BCUT2D eigenvalue weighted by molar-refractivity contribution is 5.64. The summed E-state index contributed by atoms with van der Waals surface area (Å²) in [7, 11) is 0. The molecule has 0 spiro atoms. The molecule has 1 aliphatic rings. The van der Waals surface area contributed by atoms with Gasteiger partial charge in [0.1, 0.15) is 18.6 Å². The predicted molar refractivity (Wildman–Crippen MR) is 65.4 cm³/mol. The number of carbonyl (C=O) groups excluding carboxylic acids is 1. The average molecular weight is 283 g/mol. The molecule has 0 aromatic heterocycles. The van der Waals surface area contributed by atoms with Crippen molar-refractivity contribution in [2.75, 3.05) is 20.0 Å². The Hall–Kier alpha value is -2.19. The van der Waals surface area contributed by atoms with Gasteiger partial charge in [-0.3, -0.25) is 10.1 Å². The first kappa shape index (κ1) is 14.2. The maximum absolute atomic E-state index is 11.5. The summed E-state index contributed by atoms with van der Waals surface area (Å²) >= 11 is 0. The van der Waals surface area contributed by atoms with E-state index in [0.717, 1.165) is 0 Å². The lowest BCUT2D eigenvalue weighted by atomic mass is 10.3. The van der Waals surface area contributed by atoms with Gasteiger partial charge in [-0.05, 0) is 12.1 Å². The van der Waals surface area contributed by atoms with Crippen LogP contribution in [0, 0.1) is 10.1 Å². The second-order valence-corrected chi connectivity index (χ2v) is 4.03. The number of nitrogens with zero attached hydrogens (tertiary/aromatic N) is 1. The molecule has 20 heavy (non-hydrogen) atoms. The van der Waals surface area contributed by atoms with Gasteiger partial charge >= 0.3 is 6.16 Å². The van der Waals surface area contributed by atoms with E-state index in [-0.39, 0.29) is 24.8 Å². The van der Waals surface area contributed by atoms with Gasteiger partial charge in [-0.2, -0.15) is 0 Å². The lowest BCUT2D eigenvalue weighted by molar-refractivity contribution is -0.384. The molecule has 0 N–H and O–H groups in total. The first-order valence-electron chi connectivity index (χ1n) is 5.93. The van der Waals surface area contributed by atoms with Crippen LogP contribution < -0.4 is 4.74 Å². The van der Waals surface area contributed by atoms with Crippen LogP contribution in [0.5, 0.6) is 5.75 Å². The summed E-state index contributed by atoms with van der Waals surface area (Å²) in [4.78, 5) is 21.5. The van der Waals surface area contributed by atoms with E-state index in [4.69, 9.17) is 18.9 Å². The second kappa shape index (κ2) is 6.83. The SMILES string of the molecule is O=C(Oc1ccc([N+](=O)[O-])cc1)O[C@H]1CCOCOC1. The molecule has 1 fully saturated rings. The van der Waals surface area contributed by atoms with Crippen molar-refractivity contribution in [3.05, 3.63) is 34.4 Å². The Bertz CT molecular complexity index is 465. The van der Waals surface area contributed by atoms with E-state index in [9.17, 15) is 14.9 Å². The molecule has 0 saturated carbocycles. The predicted octanol–water partition coefficient (Wildman–Crippen LogP) is 1.87. The fourth-order valence-electron chi connectivity index (χ4n) is 1.58. The van der Waals surface area contributed by atoms with Crippen molar-refractivity contribution in [3.63, 3.8) is 0 Å². The van der Waals surface area contributed by atoms with Crippen LogP contribution in [0.2, 0.25) is 0 Å². The van der Waals surface area contributed by atoms with Crippen molar-refractivity contribution in [1.29, 1.82) is 0 Å². The van der Waals surface area contributed by atoms with Crippen molar-refractivity contribution < 1.29 is 28.7 Å². The number of hydrogen-bond donors (Lipinski definition) is 0. The Morgan fingerprint density at radius 3 is 2.75 bits per heavy atom. The van der Waals surface area contributed by atoms with E-state index in [1.807, 2.05) is 0 Å². The fourth-order valence-corrected chi connectivity index (χ4v) is 1.58. The molecular weight excluding hydrogens is 270 g/mol. The van der Waals surface area contributed by atoms with Gasteiger partial charge in [0.05, 0.1) is 18.1 Å². The number of nitro groups is 1. The minimum absolute atomic E-state index is 0.0833. The summed E-state index contributed by atoms with van der Waals surface area (Å²) in [5.41, 5.74) is -0.0833. The van der Waals surface area contributed by atoms with Gasteiger partial charge in [-0.25, -0.2) is 4.79 Å². The molecule has 1 atom stereocenters. The van der Waals surface area contributed by atoms with Crippen LogP contribution in [0.25, 0.3) is 0 Å². The van der Waals surface area contributed by atoms with E-state index in [1.165, 1.54) is 24.3 Å². The van der Waals surface area contributed by atoms with Crippen LogP contribution in [0.3, 0.4) is 0 Å². The number of hydrogen-bond acceptors (Lipinski definition) is 7. The van der Waals surface area contributed by atoms with Gasteiger partial charge in [-0.1, -0.05) is 0 Å². The Balaban J connectivity index is 1.85. The largest absolute Gasteiger partial charge is 0.514 e. The van der Waals surface area contributed by atoms with E-state index >= 15 is 0 Å². The molecule has 1 aromatic rings. The second-order valence-electron chi connectivity index (χ2n) is 4.03. The van der Waals surface area contributed by atoms with Crippen LogP contribution in [0.4, 0.5) is 10.5 Å². The van der Waals surface area contributed by atoms with Crippen LogP contribution >= 0.6 is 0 Å². The monoisotopic (exact) mass is 283 g/mol. The molecule has 1 heterocycles. The van der Waals surface area contributed by atoms with Gasteiger partial charge in [-0.15, -0.1) is 0 Å². The van der Waals surface area contributed by atoms with Crippen molar-refractivity contribution in [1.82, 2.24) is 0 Å². The molecule has 0 unspecified atom stereocenters. The third-order valence-electron chi connectivity index (χ3n) is 2.57. The van der Waals surface area contributed by atoms with E-state index in [2.05, 4.69) is 0 Å². The number of carbonyl (C=O) groups is 1. The molecular formula is C12H13NO7. The Kier molecular flexibility index (Phi) is 4.85. The van der Waals surface area contributed by atoms with Crippen LogP contribution in [-0.4, -0.2) is 37.2 Å². The normalized spacial score (nSPS) is 18.9. The average Bonchev–Trinajstić information content (AvgIpc) is 2.68. The molecule has 0 bridgehead atoms. The number of ether oxygens (including phenoxy) is 4. The topological polar surface area (TPSA) is 97.1 Å². The van der Waals surface area contributed by atoms with Crippen molar-refractivity contribution in [2.24, 2.45) is 0 Å². The van der Waals surface area contributed by atoms with Crippen LogP contribution in [0.15, 0.2) is 24.3 Å². The lowest BCUT2D eigenvalue weighted by Crippen LogP contribution is -2.24. The molecule has 8 nitrogen and oxygen atoms in total. The zero-order chi connectivity index (χ0) is 14.4.